The summed E-state index contributed by atoms with van der Waals surface area (Å²) in [6.45, 7) is 0.744. The highest BCUT2D eigenvalue weighted by Crippen LogP contribution is 2.24. The first-order valence-electron chi connectivity index (χ1n) is 3.87. The SMILES string of the molecule is Nc1nn(Cc2sccc2Br)cc1Br. The lowest BCUT2D eigenvalue weighted by molar-refractivity contribution is 0.696. The first kappa shape index (κ1) is 10.2. The Kier molecular flexibility index (Phi) is 2.94. The summed E-state index contributed by atoms with van der Waals surface area (Å²) in [5, 5.41) is 6.20. The van der Waals surface area contributed by atoms with Crippen molar-refractivity contribution in [2.75, 3.05) is 5.73 Å². The lowest BCUT2D eigenvalue weighted by atomic mass is 10.5. The van der Waals surface area contributed by atoms with Crippen LogP contribution >= 0.6 is 43.2 Å². The molecule has 6 heteroatoms. The van der Waals surface area contributed by atoms with E-state index in [2.05, 4.69) is 37.0 Å². The fraction of sp³-hybridized carbons (Fsp3) is 0.125. The Morgan fingerprint density at radius 2 is 2.21 bits per heavy atom. The van der Waals surface area contributed by atoms with E-state index in [-0.39, 0.29) is 0 Å². The maximum absolute atomic E-state index is 5.62. The van der Waals surface area contributed by atoms with Gasteiger partial charge in [0.1, 0.15) is 0 Å². The van der Waals surface area contributed by atoms with Gasteiger partial charge in [-0.05, 0) is 43.3 Å². The zero-order valence-electron chi connectivity index (χ0n) is 7.08. The summed E-state index contributed by atoms with van der Waals surface area (Å²) in [6.07, 6.45) is 1.88. The topological polar surface area (TPSA) is 43.8 Å². The zero-order valence-corrected chi connectivity index (χ0v) is 11.1. The predicted molar refractivity (Wildman–Crippen MR) is 65.5 cm³/mol. The van der Waals surface area contributed by atoms with Crippen molar-refractivity contribution >= 4 is 49.0 Å². The monoisotopic (exact) mass is 335 g/mol. The number of thiophene rings is 1. The average Bonchev–Trinajstić information content (AvgIpc) is 2.63. The van der Waals surface area contributed by atoms with E-state index in [1.54, 1.807) is 11.3 Å². The number of nitrogens with two attached hydrogens (primary N) is 1. The summed E-state index contributed by atoms with van der Waals surface area (Å²) in [7, 11) is 0. The average molecular weight is 337 g/mol. The molecule has 0 aliphatic rings. The molecule has 0 radical (unpaired) electrons. The Labute approximate surface area is 102 Å². The highest BCUT2D eigenvalue weighted by atomic mass is 79.9. The van der Waals surface area contributed by atoms with Gasteiger partial charge < -0.3 is 5.73 Å². The summed E-state index contributed by atoms with van der Waals surface area (Å²) in [5.74, 6) is 0.526. The minimum Gasteiger partial charge on any atom is -0.381 e. The molecule has 14 heavy (non-hydrogen) atoms. The number of nitrogens with zero attached hydrogens (tertiary/aromatic N) is 2. The zero-order chi connectivity index (χ0) is 10.1. The molecule has 0 aromatic carbocycles. The van der Waals surface area contributed by atoms with E-state index in [9.17, 15) is 0 Å². The molecule has 0 aliphatic carbocycles. The van der Waals surface area contributed by atoms with E-state index < -0.39 is 0 Å². The van der Waals surface area contributed by atoms with Gasteiger partial charge in [-0.1, -0.05) is 0 Å². The Hall–Kier alpha value is -0.330. The van der Waals surface area contributed by atoms with Gasteiger partial charge in [0, 0.05) is 15.5 Å². The maximum atomic E-state index is 5.62. The van der Waals surface area contributed by atoms with Crippen LogP contribution in [0.2, 0.25) is 0 Å². The van der Waals surface area contributed by atoms with Crippen molar-refractivity contribution in [1.29, 1.82) is 0 Å². The van der Waals surface area contributed by atoms with Crippen molar-refractivity contribution in [2.24, 2.45) is 0 Å². The van der Waals surface area contributed by atoms with Crippen LogP contribution < -0.4 is 5.73 Å². The molecule has 0 aliphatic heterocycles. The van der Waals surface area contributed by atoms with Crippen LogP contribution in [0.3, 0.4) is 0 Å². The molecule has 0 amide bonds. The normalized spacial score (nSPS) is 10.7. The van der Waals surface area contributed by atoms with E-state index in [1.807, 2.05) is 22.3 Å². The first-order valence-corrected chi connectivity index (χ1v) is 6.33. The number of rotatable bonds is 2. The molecule has 0 fully saturated rings. The standard InChI is InChI=1S/C8H7Br2N3S/c9-5-1-2-14-7(5)4-13-3-6(10)8(11)12-13/h1-3H,4H2,(H2,11,12). The second-order valence-corrected chi connectivity index (χ2v) is 5.46. The first-order chi connectivity index (χ1) is 6.66. The van der Waals surface area contributed by atoms with Crippen molar-refractivity contribution in [1.82, 2.24) is 9.78 Å². The van der Waals surface area contributed by atoms with Gasteiger partial charge in [0.05, 0.1) is 11.0 Å². The number of anilines is 1. The largest absolute Gasteiger partial charge is 0.381 e. The number of aromatic nitrogens is 2. The third-order valence-electron chi connectivity index (χ3n) is 1.74. The summed E-state index contributed by atoms with van der Waals surface area (Å²) >= 11 is 8.49. The van der Waals surface area contributed by atoms with Crippen LogP contribution in [0.4, 0.5) is 5.82 Å². The summed E-state index contributed by atoms with van der Waals surface area (Å²) in [4.78, 5) is 1.24. The highest BCUT2D eigenvalue weighted by Gasteiger charge is 2.05. The van der Waals surface area contributed by atoms with Crippen molar-refractivity contribution in [3.05, 3.63) is 31.5 Å². The number of halogens is 2. The molecule has 0 spiro atoms. The van der Waals surface area contributed by atoms with E-state index in [1.165, 1.54) is 4.88 Å². The Bertz CT molecular complexity index is 430. The number of hydrogen-bond donors (Lipinski definition) is 1. The maximum Gasteiger partial charge on any atom is 0.159 e. The molecular weight excluding hydrogens is 330 g/mol. The van der Waals surface area contributed by atoms with Gasteiger partial charge in [-0.3, -0.25) is 4.68 Å². The van der Waals surface area contributed by atoms with Crippen LogP contribution in [0.5, 0.6) is 0 Å². The molecule has 0 atom stereocenters. The molecule has 3 nitrogen and oxygen atoms in total. The molecule has 2 aromatic rings. The lowest BCUT2D eigenvalue weighted by Gasteiger charge is -1.98. The molecule has 2 heterocycles. The number of nitrogen functional groups attached to an aromatic ring is 1. The highest BCUT2D eigenvalue weighted by molar-refractivity contribution is 9.11. The van der Waals surface area contributed by atoms with Crippen molar-refractivity contribution in [2.45, 2.75) is 6.54 Å². The Balaban J connectivity index is 2.23. The van der Waals surface area contributed by atoms with E-state index in [0.717, 1.165) is 15.5 Å². The Morgan fingerprint density at radius 3 is 2.71 bits per heavy atom. The molecule has 2 N–H and O–H groups in total. The minimum absolute atomic E-state index is 0.526. The van der Waals surface area contributed by atoms with Crippen LogP contribution in [-0.2, 0) is 6.54 Å². The predicted octanol–water partition coefficient (Wildman–Crippen LogP) is 3.10. The molecule has 0 saturated carbocycles. The summed E-state index contributed by atoms with van der Waals surface area (Å²) < 4.78 is 3.77. The minimum atomic E-state index is 0.526. The fourth-order valence-corrected chi connectivity index (χ4v) is 2.86. The van der Waals surface area contributed by atoms with Gasteiger partial charge in [0.2, 0.25) is 0 Å². The molecule has 2 rings (SSSR count). The second-order valence-electron chi connectivity index (χ2n) is 2.75. The van der Waals surface area contributed by atoms with Crippen LogP contribution in [0, 0.1) is 0 Å². The van der Waals surface area contributed by atoms with Gasteiger partial charge in [0.25, 0.3) is 0 Å². The van der Waals surface area contributed by atoms with Crippen LogP contribution in [0.15, 0.2) is 26.6 Å². The van der Waals surface area contributed by atoms with Crippen LogP contribution in [-0.4, -0.2) is 9.78 Å². The second kappa shape index (κ2) is 4.04. The van der Waals surface area contributed by atoms with Gasteiger partial charge in [-0.25, -0.2) is 0 Å². The molecule has 0 saturated heterocycles. The molecular formula is C8H7Br2N3S. The molecule has 74 valence electrons. The molecule has 2 aromatic heterocycles. The fourth-order valence-electron chi connectivity index (χ4n) is 1.08. The summed E-state index contributed by atoms with van der Waals surface area (Å²) in [5.41, 5.74) is 5.62. The van der Waals surface area contributed by atoms with Gasteiger partial charge >= 0.3 is 0 Å². The number of hydrogen-bond acceptors (Lipinski definition) is 3. The van der Waals surface area contributed by atoms with Gasteiger partial charge in [0.15, 0.2) is 5.82 Å². The van der Waals surface area contributed by atoms with E-state index in [0.29, 0.717) is 5.82 Å². The van der Waals surface area contributed by atoms with E-state index >= 15 is 0 Å². The third kappa shape index (κ3) is 2.02. The van der Waals surface area contributed by atoms with Crippen molar-refractivity contribution < 1.29 is 0 Å². The van der Waals surface area contributed by atoms with Crippen molar-refractivity contribution in [3.63, 3.8) is 0 Å². The lowest BCUT2D eigenvalue weighted by Crippen LogP contribution is -1.99. The van der Waals surface area contributed by atoms with E-state index in [4.69, 9.17) is 5.73 Å². The van der Waals surface area contributed by atoms with Crippen LogP contribution in [0.1, 0.15) is 4.88 Å². The van der Waals surface area contributed by atoms with Gasteiger partial charge in [-0.2, -0.15) is 5.10 Å². The Morgan fingerprint density at radius 1 is 1.43 bits per heavy atom. The molecule has 0 unspecified atom stereocenters. The molecule has 0 bridgehead atoms. The van der Waals surface area contributed by atoms with Crippen LogP contribution in [0.25, 0.3) is 0 Å². The third-order valence-corrected chi connectivity index (χ3v) is 4.26. The van der Waals surface area contributed by atoms with Gasteiger partial charge in [-0.15, -0.1) is 11.3 Å². The van der Waals surface area contributed by atoms with Crippen molar-refractivity contribution in [3.8, 4) is 0 Å². The quantitative estimate of drug-likeness (QED) is 0.915. The summed E-state index contributed by atoms with van der Waals surface area (Å²) in [6, 6.07) is 2.03. The smallest absolute Gasteiger partial charge is 0.159 e.